The highest BCUT2D eigenvalue weighted by atomic mass is 32.2. The Balaban J connectivity index is 2.06. The lowest BCUT2D eigenvalue weighted by Crippen LogP contribution is -2.36. The van der Waals surface area contributed by atoms with Gasteiger partial charge in [-0.2, -0.15) is 5.26 Å². The summed E-state index contributed by atoms with van der Waals surface area (Å²) < 4.78 is 6.54. The first-order valence-corrected chi connectivity index (χ1v) is 7.61. The standard InChI is InChI=1S/C14H15N5O2S/c1-9(2)19-7-13(21-18-19)17-12(20)8-22-14-11(6-15)5-4-10(3)16-14/h4-5,7,9H,8H2,1-3H3. The Morgan fingerprint density at radius 2 is 2.32 bits per heavy atom. The van der Waals surface area contributed by atoms with Gasteiger partial charge in [0, 0.05) is 11.4 Å². The highest BCUT2D eigenvalue weighted by Crippen LogP contribution is 2.20. The summed E-state index contributed by atoms with van der Waals surface area (Å²) in [7, 11) is 0. The van der Waals surface area contributed by atoms with Crippen molar-refractivity contribution in [3.05, 3.63) is 29.6 Å². The molecule has 7 nitrogen and oxygen atoms in total. The van der Waals surface area contributed by atoms with Gasteiger partial charge < -0.3 is 5.11 Å². The van der Waals surface area contributed by atoms with Gasteiger partial charge >= 0.3 is 5.88 Å². The predicted octanol–water partition coefficient (Wildman–Crippen LogP) is 1.30. The van der Waals surface area contributed by atoms with Crippen molar-refractivity contribution in [1.82, 2.24) is 10.3 Å². The highest BCUT2D eigenvalue weighted by molar-refractivity contribution is 7.99. The minimum absolute atomic E-state index is 0.0769. The van der Waals surface area contributed by atoms with Crippen LogP contribution in [0.25, 0.3) is 0 Å². The molecule has 0 radical (unpaired) electrons. The first-order valence-electron chi connectivity index (χ1n) is 6.63. The molecule has 0 aromatic carbocycles. The van der Waals surface area contributed by atoms with E-state index in [9.17, 15) is 5.11 Å². The second-order valence-corrected chi connectivity index (χ2v) is 5.79. The van der Waals surface area contributed by atoms with E-state index in [0.29, 0.717) is 10.6 Å². The maximum absolute atomic E-state index is 11.9. The van der Waals surface area contributed by atoms with Crippen LogP contribution in [0.15, 0.2) is 32.9 Å². The molecule has 2 aromatic heterocycles. The van der Waals surface area contributed by atoms with Gasteiger partial charge in [-0.15, -0.1) is 0 Å². The Morgan fingerprint density at radius 1 is 1.55 bits per heavy atom. The first kappa shape index (κ1) is 16.0. The van der Waals surface area contributed by atoms with Gasteiger partial charge in [-0.1, -0.05) is 11.8 Å². The van der Waals surface area contributed by atoms with E-state index in [1.807, 2.05) is 20.8 Å². The molecule has 0 unspecified atom stereocenters. The number of aromatic nitrogens is 3. The summed E-state index contributed by atoms with van der Waals surface area (Å²) in [5, 5.41) is 25.2. The van der Waals surface area contributed by atoms with Crippen LogP contribution in [0.3, 0.4) is 0 Å². The van der Waals surface area contributed by atoms with Crippen molar-refractivity contribution in [2.75, 3.05) is 5.75 Å². The zero-order chi connectivity index (χ0) is 16.1. The van der Waals surface area contributed by atoms with E-state index in [1.54, 1.807) is 23.0 Å². The van der Waals surface area contributed by atoms with Crippen LogP contribution in [-0.4, -0.2) is 21.9 Å². The van der Waals surface area contributed by atoms with Crippen LogP contribution < -0.4 is 9.79 Å². The molecular formula is C14H15N5O2S. The van der Waals surface area contributed by atoms with Crippen LogP contribution in [0.2, 0.25) is 0 Å². The summed E-state index contributed by atoms with van der Waals surface area (Å²) in [5.74, 6) is -0.130. The first-order chi connectivity index (χ1) is 10.5. The number of nitrogens with zero attached hydrogens (tertiary/aromatic N) is 5. The SMILES string of the molecule is Cc1ccc(C#N)c(SC/C([O-])=N/c2c[n+](C(C)C)no2)n1. The summed E-state index contributed by atoms with van der Waals surface area (Å²) in [5.41, 5.74) is 1.24. The fourth-order valence-corrected chi connectivity index (χ4v) is 2.36. The Hall–Kier alpha value is -2.40. The van der Waals surface area contributed by atoms with Crippen molar-refractivity contribution in [2.45, 2.75) is 31.8 Å². The molecule has 0 saturated carbocycles. The topological polar surface area (TPSA) is 102 Å². The minimum Gasteiger partial charge on any atom is -0.861 e. The van der Waals surface area contributed by atoms with E-state index >= 15 is 0 Å². The van der Waals surface area contributed by atoms with Gasteiger partial charge in [0.1, 0.15) is 11.1 Å². The predicted molar refractivity (Wildman–Crippen MR) is 78.6 cm³/mol. The third kappa shape index (κ3) is 4.05. The third-order valence-electron chi connectivity index (χ3n) is 2.69. The molecule has 0 aliphatic carbocycles. The van der Waals surface area contributed by atoms with Crippen molar-refractivity contribution in [2.24, 2.45) is 4.99 Å². The lowest BCUT2D eigenvalue weighted by molar-refractivity contribution is -0.779. The monoisotopic (exact) mass is 317 g/mol. The second-order valence-electron chi connectivity index (χ2n) is 4.83. The maximum atomic E-state index is 11.9. The van der Waals surface area contributed by atoms with Gasteiger partial charge in [-0.05, 0) is 43.5 Å². The summed E-state index contributed by atoms with van der Waals surface area (Å²) in [6.07, 6.45) is 1.57. The van der Waals surface area contributed by atoms with Crippen molar-refractivity contribution in [1.29, 1.82) is 5.26 Å². The van der Waals surface area contributed by atoms with Crippen molar-refractivity contribution >= 4 is 23.5 Å². The molecule has 0 N–H and O–H groups in total. The number of rotatable bonds is 5. The van der Waals surface area contributed by atoms with Gasteiger partial charge in [0.25, 0.3) is 6.20 Å². The number of aliphatic imine (C=N–C) groups is 1. The third-order valence-corrected chi connectivity index (χ3v) is 3.66. The molecule has 0 fully saturated rings. The van der Waals surface area contributed by atoms with Crippen LogP contribution in [0.5, 0.6) is 0 Å². The van der Waals surface area contributed by atoms with Gasteiger partial charge in [-0.25, -0.2) is 9.98 Å². The Morgan fingerprint density at radius 3 is 2.95 bits per heavy atom. The minimum atomic E-state index is -0.371. The van der Waals surface area contributed by atoms with Crippen LogP contribution in [0, 0.1) is 18.3 Å². The van der Waals surface area contributed by atoms with Crippen LogP contribution >= 0.6 is 11.8 Å². The molecule has 8 heteroatoms. The van der Waals surface area contributed by atoms with E-state index in [-0.39, 0.29) is 23.6 Å². The van der Waals surface area contributed by atoms with Gasteiger partial charge in [0.2, 0.25) is 5.27 Å². The molecule has 0 bridgehead atoms. The number of pyridine rings is 1. The number of hydrogen-bond donors (Lipinski definition) is 0. The van der Waals surface area contributed by atoms with Gasteiger partial charge in [0.05, 0.1) is 5.56 Å². The molecule has 2 aromatic rings. The number of thioether (sulfide) groups is 1. The molecule has 2 heterocycles. The normalized spacial score (nSPS) is 11.7. The fraction of sp³-hybridized carbons (Fsp3) is 0.357. The Bertz CT molecular complexity index is 733. The zero-order valence-electron chi connectivity index (χ0n) is 12.5. The van der Waals surface area contributed by atoms with E-state index < -0.39 is 0 Å². The van der Waals surface area contributed by atoms with E-state index in [2.05, 4.69) is 21.3 Å². The number of hydrogen-bond acceptors (Lipinski definition) is 7. The molecule has 0 atom stereocenters. The molecule has 0 amide bonds. The summed E-state index contributed by atoms with van der Waals surface area (Å²) >= 11 is 1.18. The summed E-state index contributed by atoms with van der Waals surface area (Å²) in [6, 6.07) is 5.63. The van der Waals surface area contributed by atoms with Gasteiger partial charge in [-0.3, -0.25) is 4.52 Å². The molecule has 0 aliphatic rings. The van der Waals surface area contributed by atoms with E-state index in [1.165, 1.54) is 11.8 Å². The van der Waals surface area contributed by atoms with Crippen LogP contribution in [0.1, 0.15) is 31.1 Å². The molecule has 2 rings (SSSR count). The van der Waals surface area contributed by atoms with Crippen molar-refractivity contribution in [3.63, 3.8) is 0 Å². The van der Waals surface area contributed by atoms with Crippen molar-refractivity contribution < 1.29 is 14.3 Å². The molecule has 114 valence electrons. The quantitative estimate of drug-likeness (QED) is 0.356. The lowest BCUT2D eigenvalue weighted by Gasteiger charge is -2.09. The molecular weight excluding hydrogens is 302 g/mol. The van der Waals surface area contributed by atoms with E-state index in [0.717, 1.165) is 5.69 Å². The Labute approximate surface area is 132 Å². The summed E-state index contributed by atoms with van der Waals surface area (Å²) in [6.45, 7) is 5.71. The van der Waals surface area contributed by atoms with Crippen LogP contribution in [0.4, 0.5) is 5.88 Å². The molecule has 0 spiro atoms. The maximum Gasteiger partial charge on any atom is 0.320 e. The molecule has 0 aliphatic heterocycles. The fourth-order valence-electron chi connectivity index (χ4n) is 1.56. The highest BCUT2D eigenvalue weighted by Gasteiger charge is 2.14. The largest absolute Gasteiger partial charge is 0.861 e. The van der Waals surface area contributed by atoms with Gasteiger partial charge in [0.15, 0.2) is 6.04 Å². The number of aryl methyl sites for hydroxylation is 1. The zero-order valence-corrected chi connectivity index (χ0v) is 13.3. The van der Waals surface area contributed by atoms with E-state index in [4.69, 9.17) is 9.78 Å². The van der Waals surface area contributed by atoms with Crippen molar-refractivity contribution in [3.8, 4) is 6.07 Å². The smallest absolute Gasteiger partial charge is 0.320 e. The average molecular weight is 317 g/mol. The lowest BCUT2D eigenvalue weighted by atomic mass is 10.3. The Kier molecular flexibility index (Phi) is 5.12. The second kappa shape index (κ2) is 7.04. The number of nitriles is 1. The molecule has 22 heavy (non-hydrogen) atoms. The average Bonchev–Trinajstić information content (AvgIpc) is 2.94. The van der Waals surface area contributed by atoms with Crippen LogP contribution in [-0.2, 0) is 0 Å². The molecule has 0 saturated heterocycles. The summed E-state index contributed by atoms with van der Waals surface area (Å²) in [4.78, 5) is 8.09.